The van der Waals surface area contributed by atoms with Crippen LogP contribution in [0.2, 0.25) is 0 Å². The van der Waals surface area contributed by atoms with E-state index in [2.05, 4.69) is 51.1 Å². The molecule has 0 spiro atoms. The number of carbonyl (C=O) groups excluding carboxylic acids is 1. The Balaban J connectivity index is 1.51. The predicted octanol–water partition coefficient (Wildman–Crippen LogP) is 3.08. The third kappa shape index (κ3) is 2.81. The molecule has 0 atom stereocenters. The fraction of sp³-hybridized carbons (Fsp3) is 0.350. The first kappa shape index (κ1) is 17.7. The van der Waals surface area contributed by atoms with E-state index < -0.39 is 0 Å². The Labute approximate surface area is 177 Å². The molecule has 7 nitrogen and oxygen atoms in total. The lowest BCUT2D eigenvalue weighted by Gasteiger charge is -2.27. The summed E-state index contributed by atoms with van der Waals surface area (Å²) < 4.78 is 3.79. The lowest BCUT2D eigenvalue weighted by molar-refractivity contribution is -0.129. The highest BCUT2D eigenvalue weighted by molar-refractivity contribution is 14.1. The van der Waals surface area contributed by atoms with Crippen molar-refractivity contribution in [2.45, 2.75) is 26.3 Å². The monoisotopic (exact) mass is 488 g/mol. The van der Waals surface area contributed by atoms with Crippen molar-refractivity contribution in [3.05, 3.63) is 47.4 Å². The highest BCUT2D eigenvalue weighted by atomic mass is 127. The Morgan fingerprint density at radius 2 is 2.04 bits per heavy atom. The van der Waals surface area contributed by atoms with Crippen LogP contribution in [0.4, 0.5) is 11.5 Å². The molecule has 0 aliphatic carbocycles. The number of carbonyl (C=O) groups is 1. The number of halogens is 1. The maximum Gasteiger partial charge on any atom is 0.219 e. The van der Waals surface area contributed by atoms with Gasteiger partial charge in [-0.3, -0.25) is 9.48 Å². The summed E-state index contributed by atoms with van der Waals surface area (Å²) in [4.78, 5) is 16.1. The normalized spacial score (nSPS) is 15.7. The number of hydrogen-bond donors (Lipinski definition) is 0. The molecule has 0 unspecified atom stereocenters. The molecule has 2 aromatic heterocycles. The molecule has 0 saturated carbocycles. The van der Waals surface area contributed by atoms with Crippen LogP contribution in [0.3, 0.4) is 0 Å². The number of fused-ring (bicyclic) bond motifs is 2. The summed E-state index contributed by atoms with van der Waals surface area (Å²) in [6.45, 7) is 3.96. The quantitative estimate of drug-likeness (QED) is 0.521. The van der Waals surface area contributed by atoms with E-state index in [9.17, 15) is 4.79 Å². The van der Waals surface area contributed by atoms with E-state index in [0.717, 1.165) is 37.3 Å². The smallest absolute Gasteiger partial charge is 0.219 e. The van der Waals surface area contributed by atoms with Crippen LogP contribution < -0.4 is 4.90 Å². The number of benzene rings is 1. The topological polar surface area (TPSA) is 59.2 Å². The molecule has 8 heteroatoms. The molecule has 28 heavy (non-hydrogen) atoms. The van der Waals surface area contributed by atoms with Crippen molar-refractivity contribution in [3.8, 4) is 11.1 Å². The second kappa shape index (κ2) is 6.61. The molecule has 1 aromatic carbocycles. The Morgan fingerprint density at radius 3 is 2.79 bits per heavy atom. The number of amides is 1. The van der Waals surface area contributed by atoms with Crippen LogP contribution in [0.5, 0.6) is 0 Å². The molecule has 5 rings (SSSR count). The molecular formula is C20H21IN6O. The number of rotatable bonds is 2. The molecule has 0 bridgehead atoms. The first-order valence-electron chi connectivity index (χ1n) is 9.43. The van der Waals surface area contributed by atoms with E-state index >= 15 is 0 Å². The van der Waals surface area contributed by atoms with Gasteiger partial charge in [0, 0.05) is 56.5 Å². The summed E-state index contributed by atoms with van der Waals surface area (Å²) in [6.07, 6.45) is 5.78. The summed E-state index contributed by atoms with van der Waals surface area (Å²) >= 11 is 2.26. The van der Waals surface area contributed by atoms with Crippen molar-refractivity contribution in [1.29, 1.82) is 0 Å². The van der Waals surface area contributed by atoms with Gasteiger partial charge in [-0.05, 0) is 29.7 Å². The molecule has 0 saturated heterocycles. The molecular weight excluding hydrogens is 467 g/mol. The van der Waals surface area contributed by atoms with Gasteiger partial charge >= 0.3 is 0 Å². The standard InChI is InChI=1S/C20H21IN6O/c1-13(28)25-7-6-19-17(12-25)20(23-27(19)21)26-8-5-15-9-14(3-4-18(15)26)16-10-22-24(2)11-16/h3-4,9-11H,5-8,12H2,1-2H3. The van der Waals surface area contributed by atoms with E-state index in [1.165, 1.54) is 28.1 Å². The maximum absolute atomic E-state index is 11.9. The predicted molar refractivity (Wildman–Crippen MR) is 116 cm³/mol. The van der Waals surface area contributed by atoms with Gasteiger partial charge in [0.25, 0.3) is 0 Å². The summed E-state index contributed by atoms with van der Waals surface area (Å²) in [5, 5.41) is 9.11. The van der Waals surface area contributed by atoms with Gasteiger partial charge in [0.15, 0.2) is 5.82 Å². The number of aromatic nitrogens is 4. The summed E-state index contributed by atoms with van der Waals surface area (Å²) in [5.74, 6) is 1.11. The maximum atomic E-state index is 11.9. The minimum Gasteiger partial charge on any atom is -0.338 e. The fourth-order valence-electron chi connectivity index (χ4n) is 4.22. The van der Waals surface area contributed by atoms with Crippen LogP contribution in [0.15, 0.2) is 30.6 Å². The fourth-order valence-corrected chi connectivity index (χ4v) is 4.95. The number of anilines is 2. The van der Waals surface area contributed by atoms with Gasteiger partial charge in [-0.25, -0.2) is 2.90 Å². The molecule has 0 radical (unpaired) electrons. The van der Waals surface area contributed by atoms with Crippen molar-refractivity contribution in [3.63, 3.8) is 0 Å². The molecule has 2 aliphatic heterocycles. The number of nitrogens with zero attached hydrogens (tertiary/aromatic N) is 6. The second-order valence-corrected chi connectivity index (χ2v) is 8.36. The van der Waals surface area contributed by atoms with Crippen LogP contribution in [-0.4, -0.2) is 41.7 Å². The molecule has 1 amide bonds. The number of aryl methyl sites for hydroxylation is 1. The van der Waals surface area contributed by atoms with Gasteiger partial charge in [-0.1, -0.05) is 6.07 Å². The van der Waals surface area contributed by atoms with E-state index in [0.29, 0.717) is 6.54 Å². The van der Waals surface area contributed by atoms with Crippen LogP contribution in [-0.2, 0) is 31.2 Å². The van der Waals surface area contributed by atoms with Crippen LogP contribution >= 0.6 is 22.9 Å². The van der Waals surface area contributed by atoms with Crippen molar-refractivity contribution >= 4 is 40.3 Å². The van der Waals surface area contributed by atoms with Crippen LogP contribution in [0.25, 0.3) is 11.1 Å². The Bertz CT molecular complexity index is 1080. The lowest BCUT2D eigenvalue weighted by Crippen LogP contribution is -2.34. The molecule has 144 valence electrons. The average molecular weight is 488 g/mol. The van der Waals surface area contributed by atoms with Gasteiger partial charge in [0.2, 0.25) is 5.91 Å². The first-order chi connectivity index (χ1) is 13.5. The summed E-state index contributed by atoms with van der Waals surface area (Å²) in [5.41, 5.74) is 7.28. The number of hydrogen-bond acceptors (Lipinski definition) is 4. The van der Waals surface area contributed by atoms with Crippen molar-refractivity contribution in [2.24, 2.45) is 7.05 Å². The zero-order valence-corrected chi connectivity index (χ0v) is 18.0. The van der Waals surface area contributed by atoms with E-state index in [4.69, 9.17) is 5.10 Å². The zero-order chi connectivity index (χ0) is 19.4. The molecule has 2 aliphatic rings. The second-order valence-electron chi connectivity index (χ2n) is 7.45. The lowest BCUT2D eigenvalue weighted by atomic mass is 10.0. The molecule has 4 heterocycles. The van der Waals surface area contributed by atoms with Crippen LogP contribution in [0, 0.1) is 0 Å². The summed E-state index contributed by atoms with van der Waals surface area (Å²) in [7, 11) is 1.94. The summed E-state index contributed by atoms with van der Waals surface area (Å²) in [6, 6.07) is 6.61. The van der Waals surface area contributed by atoms with Crippen molar-refractivity contribution in [2.75, 3.05) is 18.0 Å². The van der Waals surface area contributed by atoms with Gasteiger partial charge in [-0.15, -0.1) is 5.10 Å². The minimum absolute atomic E-state index is 0.126. The van der Waals surface area contributed by atoms with E-state index in [-0.39, 0.29) is 5.91 Å². The molecule has 0 fully saturated rings. The first-order valence-corrected chi connectivity index (χ1v) is 10.4. The van der Waals surface area contributed by atoms with Gasteiger partial charge < -0.3 is 9.80 Å². The molecule has 3 aromatic rings. The minimum atomic E-state index is 0.126. The third-order valence-corrected chi connectivity index (χ3v) is 6.50. The average Bonchev–Trinajstić information content (AvgIpc) is 3.38. The third-order valence-electron chi connectivity index (χ3n) is 5.71. The SMILES string of the molecule is CC(=O)N1CCc2c(c(N3CCc4cc(-c5cnn(C)c5)ccc43)nn2I)C1. The van der Waals surface area contributed by atoms with E-state index in [1.807, 2.05) is 31.9 Å². The van der Waals surface area contributed by atoms with Gasteiger partial charge in [-0.2, -0.15) is 5.10 Å². The highest BCUT2D eigenvalue weighted by Gasteiger charge is 2.31. The largest absolute Gasteiger partial charge is 0.338 e. The molecule has 0 N–H and O–H groups in total. The van der Waals surface area contributed by atoms with Crippen LogP contribution in [0.1, 0.15) is 23.7 Å². The van der Waals surface area contributed by atoms with E-state index in [1.54, 1.807) is 6.92 Å². The zero-order valence-electron chi connectivity index (χ0n) is 15.9. The Morgan fingerprint density at radius 1 is 1.18 bits per heavy atom. The van der Waals surface area contributed by atoms with Gasteiger partial charge in [0.1, 0.15) is 0 Å². The Kier molecular flexibility index (Phi) is 4.18. The Hall–Kier alpha value is -2.36. The van der Waals surface area contributed by atoms with Crippen molar-refractivity contribution < 1.29 is 4.79 Å². The van der Waals surface area contributed by atoms with Gasteiger partial charge in [0.05, 0.1) is 41.3 Å². The highest BCUT2D eigenvalue weighted by Crippen LogP contribution is 2.40. The van der Waals surface area contributed by atoms with Crippen molar-refractivity contribution in [1.82, 2.24) is 22.7 Å².